The number of benzene rings is 1. The highest BCUT2D eigenvalue weighted by atomic mass is 14.9. The molecule has 0 atom stereocenters. The third-order valence-corrected chi connectivity index (χ3v) is 1.76. The van der Waals surface area contributed by atoms with Crippen molar-refractivity contribution >= 4 is 11.4 Å². The Morgan fingerprint density at radius 2 is 1.83 bits per heavy atom. The summed E-state index contributed by atoms with van der Waals surface area (Å²) in [7, 11) is 1.94. The highest BCUT2D eigenvalue weighted by Gasteiger charge is 1.95. The zero-order chi connectivity index (χ0) is 8.81. The van der Waals surface area contributed by atoms with Gasteiger partial charge >= 0.3 is 0 Å². The Morgan fingerprint density at radius 1 is 1.17 bits per heavy atom. The van der Waals surface area contributed by atoms with Crippen molar-refractivity contribution in [3.05, 3.63) is 24.3 Å². The van der Waals surface area contributed by atoms with Gasteiger partial charge in [0.2, 0.25) is 0 Å². The molecule has 0 aliphatic rings. The molecule has 0 aromatic heterocycles. The van der Waals surface area contributed by atoms with Crippen LogP contribution in [0, 0.1) is 0 Å². The molecule has 0 spiro atoms. The van der Waals surface area contributed by atoms with Crippen molar-refractivity contribution in [1.29, 1.82) is 0 Å². The molecule has 2 heteroatoms. The molecular formula is C10H16N2. The van der Waals surface area contributed by atoms with E-state index in [0.29, 0.717) is 0 Å². The molecule has 66 valence electrons. The van der Waals surface area contributed by atoms with Crippen LogP contribution in [-0.2, 0) is 0 Å². The van der Waals surface area contributed by atoms with Gasteiger partial charge < -0.3 is 10.6 Å². The Kier molecular flexibility index (Phi) is 3.45. The zero-order valence-electron chi connectivity index (χ0n) is 7.72. The van der Waals surface area contributed by atoms with E-state index in [0.717, 1.165) is 18.7 Å². The van der Waals surface area contributed by atoms with Gasteiger partial charge in [-0.25, -0.2) is 0 Å². The highest BCUT2D eigenvalue weighted by Crippen LogP contribution is 2.19. The second-order valence-corrected chi connectivity index (χ2v) is 2.72. The molecule has 0 radical (unpaired) electrons. The number of hydrogen-bond acceptors (Lipinski definition) is 2. The molecule has 1 aromatic rings. The largest absolute Gasteiger partial charge is 0.386 e. The third kappa shape index (κ3) is 2.16. The van der Waals surface area contributed by atoms with Gasteiger partial charge in [0.25, 0.3) is 0 Å². The van der Waals surface area contributed by atoms with Crippen LogP contribution in [0.5, 0.6) is 0 Å². The predicted molar refractivity (Wildman–Crippen MR) is 54.8 cm³/mol. The smallest absolute Gasteiger partial charge is 0.0575 e. The zero-order valence-corrected chi connectivity index (χ0v) is 7.72. The van der Waals surface area contributed by atoms with E-state index in [1.165, 1.54) is 5.69 Å². The fourth-order valence-corrected chi connectivity index (χ4v) is 1.11. The number of nitrogens with one attached hydrogen (secondary N) is 2. The summed E-state index contributed by atoms with van der Waals surface area (Å²) in [5.74, 6) is 0. The molecule has 0 amide bonds. The lowest BCUT2D eigenvalue weighted by molar-refractivity contribution is 0.980. The van der Waals surface area contributed by atoms with Gasteiger partial charge in [0, 0.05) is 13.6 Å². The first-order chi connectivity index (χ1) is 5.88. The summed E-state index contributed by atoms with van der Waals surface area (Å²) in [5.41, 5.74) is 2.34. The number of anilines is 2. The van der Waals surface area contributed by atoms with Gasteiger partial charge in [-0.05, 0) is 18.6 Å². The van der Waals surface area contributed by atoms with Crippen LogP contribution in [0.4, 0.5) is 11.4 Å². The van der Waals surface area contributed by atoms with Crippen molar-refractivity contribution in [2.75, 3.05) is 24.2 Å². The minimum Gasteiger partial charge on any atom is -0.386 e. The normalized spacial score (nSPS) is 9.50. The van der Waals surface area contributed by atoms with Crippen molar-refractivity contribution in [3.8, 4) is 0 Å². The lowest BCUT2D eigenvalue weighted by atomic mass is 10.2. The number of rotatable bonds is 4. The van der Waals surface area contributed by atoms with E-state index in [2.05, 4.69) is 29.7 Å². The van der Waals surface area contributed by atoms with E-state index in [1.807, 2.05) is 19.2 Å². The van der Waals surface area contributed by atoms with Crippen LogP contribution in [0.25, 0.3) is 0 Å². The molecule has 0 unspecified atom stereocenters. The van der Waals surface area contributed by atoms with Gasteiger partial charge in [0.05, 0.1) is 11.4 Å². The first-order valence-corrected chi connectivity index (χ1v) is 4.39. The summed E-state index contributed by atoms with van der Waals surface area (Å²) < 4.78 is 0. The molecular weight excluding hydrogens is 148 g/mol. The number of hydrogen-bond donors (Lipinski definition) is 2. The van der Waals surface area contributed by atoms with Crippen molar-refractivity contribution in [1.82, 2.24) is 0 Å². The molecule has 12 heavy (non-hydrogen) atoms. The van der Waals surface area contributed by atoms with Crippen LogP contribution >= 0.6 is 0 Å². The van der Waals surface area contributed by atoms with Crippen molar-refractivity contribution in [3.63, 3.8) is 0 Å². The lowest BCUT2D eigenvalue weighted by Crippen LogP contribution is -2.02. The minimum atomic E-state index is 1.03. The van der Waals surface area contributed by atoms with Crippen LogP contribution in [0.2, 0.25) is 0 Å². The fraction of sp³-hybridized carbons (Fsp3) is 0.400. The molecule has 0 aliphatic heterocycles. The standard InChI is InChI=1S/C10H16N2/c1-3-8-12-10-7-5-4-6-9(10)11-2/h4-7,11-12H,3,8H2,1-2H3. The maximum atomic E-state index is 3.35. The summed E-state index contributed by atoms with van der Waals surface area (Å²) in [4.78, 5) is 0. The summed E-state index contributed by atoms with van der Waals surface area (Å²) in [6.07, 6.45) is 1.15. The van der Waals surface area contributed by atoms with Gasteiger partial charge in [0.1, 0.15) is 0 Å². The Hall–Kier alpha value is -1.18. The fourth-order valence-electron chi connectivity index (χ4n) is 1.11. The maximum Gasteiger partial charge on any atom is 0.0575 e. The molecule has 0 fully saturated rings. The van der Waals surface area contributed by atoms with Crippen LogP contribution in [-0.4, -0.2) is 13.6 Å². The summed E-state index contributed by atoms with van der Waals surface area (Å²) in [6, 6.07) is 8.22. The number of para-hydroxylation sites is 2. The summed E-state index contributed by atoms with van der Waals surface area (Å²) in [5, 5.41) is 6.49. The van der Waals surface area contributed by atoms with E-state index in [-0.39, 0.29) is 0 Å². The van der Waals surface area contributed by atoms with Gasteiger partial charge in [0.15, 0.2) is 0 Å². The van der Waals surface area contributed by atoms with Crippen LogP contribution in [0.1, 0.15) is 13.3 Å². The Bertz CT molecular complexity index is 233. The first-order valence-electron chi connectivity index (χ1n) is 4.39. The molecule has 2 N–H and O–H groups in total. The van der Waals surface area contributed by atoms with E-state index >= 15 is 0 Å². The highest BCUT2D eigenvalue weighted by molar-refractivity contribution is 5.68. The van der Waals surface area contributed by atoms with Crippen LogP contribution < -0.4 is 10.6 Å². The van der Waals surface area contributed by atoms with Crippen molar-refractivity contribution in [2.24, 2.45) is 0 Å². The molecule has 0 saturated heterocycles. The summed E-state index contributed by atoms with van der Waals surface area (Å²) >= 11 is 0. The van der Waals surface area contributed by atoms with Gasteiger partial charge in [-0.3, -0.25) is 0 Å². The van der Waals surface area contributed by atoms with E-state index < -0.39 is 0 Å². The topological polar surface area (TPSA) is 24.1 Å². The summed E-state index contributed by atoms with van der Waals surface area (Å²) in [6.45, 7) is 3.19. The third-order valence-electron chi connectivity index (χ3n) is 1.76. The van der Waals surface area contributed by atoms with Crippen molar-refractivity contribution in [2.45, 2.75) is 13.3 Å². The molecule has 1 aromatic carbocycles. The van der Waals surface area contributed by atoms with Gasteiger partial charge in [-0.15, -0.1) is 0 Å². The Labute approximate surface area is 74.0 Å². The Balaban J connectivity index is 2.68. The van der Waals surface area contributed by atoms with E-state index in [9.17, 15) is 0 Å². The van der Waals surface area contributed by atoms with Crippen LogP contribution in [0.15, 0.2) is 24.3 Å². The van der Waals surface area contributed by atoms with Crippen LogP contribution in [0.3, 0.4) is 0 Å². The quantitative estimate of drug-likeness (QED) is 0.714. The van der Waals surface area contributed by atoms with Gasteiger partial charge in [-0.2, -0.15) is 0 Å². The van der Waals surface area contributed by atoms with Gasteiger partial charge in [-0.1, -0.05) is 19.1 Å². The van der Waals surface area contributed by atoms with E-state index in [1.54, 1.807) is 0 Å². The molecule has 0 aliphatic carbocycles. The second kappa shape index (κ2) is 4.65. The average molecular weight is 164 g/mol. The average Bonchev–Trinajstić information content (AvgIpc) is 2.15. The molecule has 0 saturated carbocycles. The van der Waals surface area contributed by atoms with E-state index in [4.69, 9.17) is 0 Å². The first kappa shape index (κ1) is 8.91. The maximum absolute atomic E-state index is 3.35. The minimum absolute atomic E-state index is 1.03. The lowest BCUT2D eigenvalue weighted by Gasteiger charge is -2.09. The molecule has 1 rings (SSSR count). The monoisotopic (exact) mass is 164 g/mol. The second-order valence-electron chi connectivity index (χ2n) is 2.72. The molecule has 0 bridgehead atoms. The molecule has 0 heterocycles. The Morgan fingerprint density at radius 3 is 2.42 bits per heavy atom. The molecule has 2 nitrogen and oxygen atoms in total. The van der Waals surface area contributed by atoms with Crippen molar-refractivity contribution < 1.29 is 0 Å². The SMILES string of the molecule is CCCNc1ccccc1NC. The predicted octanol–water partition coefficient (Wildman–Crippen LogP) is 2.55.